The van der Waals surface area contributed by atoms with Gasteiger partial charge in [-0.3, -0.25) is 0 Å². The fourth-order valence-corrected chi connectivity index (χ4v) is 276. The van der Waals surface area contributed by atoms with Crippen LogP contribution in [0.25, 0.3) is 32.3 Å². The fraction of sp³-hybridized carbons (Fsp3) is 0. The van der Waals surface area contributed by atoms with Gasteiger partial charge < -0.3 is 5.32 Å². The molecule has 0 aliphatic rings. The first kappa shape index (κ1) is 140. The Morgan fingerprint density at radius 3 is 0.367 bits per heavy atom. The quantitative estimate of drug-likeness (QED) is 0.200. The van der Waals surface area contributed by atoms with Crippen molar-refractivity contribution >= 4 is 963 Å². The largest absolute Gasteiger partial charge is 0.356 e. The minimum absolute atomic E-state index is 1.10. The molecule has 1 N–H and O–H groups in total. The first-order valence-electron chi connectivity index (χ1n) is 25.6. The molecule has 0 atom stereocenters. The van der Waals surface area contributed by atoms with Crippen LogP contribution in [0.15, 0.2) is 97.1 Å². The zero-order valence-corrected chi connectivity index (χ0v) is 140. The summed E-state index contributed by atoms with van der Waals surface area (Å²) in [5.74, 6) is 0. The first-order valence-corrected chi connectivity index (χ1v) is 162. The minimum Gasteiger partial charge on any atom is -0.356 e. The molecule has 104 heteroatoms. The van der Waals surface area contributed by atoms with Gasteiger partial charge in [-0.15, -0.1) is 0 Å². The molecule has 0 spiro atoms. The Labute approximate surface area is 1030 Å². The lowest BCUT2D eigenvalue weighted by Crippen LogP contribution is -1.90. The van der Waals surface area contributed by atoms with Gasteiger partial charge in [0.15, 0.2) is 0 Å². The molecule has 0 heterocycles. The van der Waals surface area contributed by atoms with E-state index in [1.165, 1.54) is 50.1 Å². The van der Waals surface area contributed by atoms with Crippen LogP contribution in [0.3, 0.4) is 0 Å². The van der Waals surface area contributed by atoms with Crippen LogP contribution in [-0.2, 0) is 919 Å². The van der Waals surface area contributed by atoms with Gasteiger partial charge in [0.05, 0.1) is 0 Å². The molecule has 0 bridgehead atoms. The highest BCUT2D eigenvalue weighted by atomic mass is 33.6. The molecule has 0 fully saturated rings. The van der Waals surface area contributed by atoms with Crippen molar-refractivity contribution in [3.63, 3.8) is 0 Å². The molecule has 736 valence electrons. The molecule has 0 amide bonds. The van der Waals surface area contributed by atoms with Crippen molar-refractivity contribution in [1.29, 1.82) is 0 Å². The molecule has 5 aromatic rings. The third kappa shape index (κ3) is 95.2. The number of nitrogens with one attached hydrogen (secondary N) is 1. The SMILES string of the molecule is S=S=S=S=S=S=S=S=S=S=S=S=S=S=S=S=S=S=S=S=S=S=S=S=S=S=S=S=S=S=S=S=S=S=S=S=S=S=S=S=S=S=S=S=S=S=S=S=S=S=S=S=S=S=S=S=S=S=S=S=S=S=S=S=S=S=S=S=S=S=S=S=S=S=S=S=S=S=S=S=S=S=S=S=S=S=S=S=S=S=S=S=S=S=S=S=S=S=S=S=S=S=S.c1ccc(Nc2ccc3c4ccccc4c4ccccc4c3c2)cc1. The van der Waals surface area contributed by atoms with Crippen LogP contribution in [0.2, 0.25) is 0 Å². The van der Waals surface area contributed by atoms with E-state index in [4.69, 9.17) is 22.4 Å². The molecule has 5 aromatic carbocycles. The van der Waals surface area contributed by atoms with E-state index in [1.807, 2.05) is 791 Å². The van der Waals surface area contributed by atoms with Crippen LogP contribution in [-0.4, -0.2) is 0 Å². The zero-order valence-electron chi connectivity index (χ0n) is 55.8. The van der Waals surface area contributed by atoms with Crippen molar-refractivity contribution in [2.24, 2.45) is 0 Å². The van der Waals surface area contributed by atoms with Gasteiger partial charge in [-0.2, -0.15) is 0 Å². The van der Waals surface area contributed by atoms with Crippen LogP contribution in [0, 0.1) is 0 Å². The van der Waals surface area contributed by atoms with Gasteiger partial charge in [0.2, 0.25) is 0 Å². The van der Waals surface area contributed by atoms with Crippen molar-refractivity contribution < 1.29 is 0 Å². The minimum atomic E-state index is 1.10. The first-order chi connectivity index (χ1) is 63.8. The summed E-state index contributed by atoms with van der Waals surface area (Å²) in [7, 11) is 183. The summed E-state index contributed by atoms with van der Waals surface area (Å²) < 4.78 is 0. The van der Waals surface area contributed by atoms with Gasteiger partial charge in [0, 0.05) is 931 Å². The number of fused-ring (bicyclic) bond motifs is 6. The topological polar surface area (TPSA) is 12.0 Å². The van der Waals surface area contributed by atoms with E-state index >= 15 is 0 Å². The average molecular weight is 3620 g/mol. The van der Waals surface area contributed by atoms with E-state index in [-0.39, 0.29) is 0 Å². The second kappa shape index (κ2) is 119. The van der Waals surface area contributed by atoms with Crippen LogP contribution in [0.4, 0.5) is 11.4 Å². The smallest absolute Gasteiger partial charge is 0.0390 e. The Bertz CT molecular complexity index is 9800. The van der Waals surface area contributed by atoms with E-state index < -0.39 is 0 Å². The normalized spacial score (nSPS) is 8.53. The number of anilines is 2. The van der Waals surface area contributed by atoms with E-state index in [0.29, 0.717) is 0 Å². The molecule has 0 aliphatic carbocycles. The van der Waals surface area contributed by atoms with E-state index in [9.17, 15) is 0 Å². The Morgan fingerprint density at radius 2 is 0.227 bits per heavy atom. The van der Waals surface area contributed by atoms with Gasteiger partial charge in [-0.05, 0) is 56.6 Å². The lowest BCUT2D eigenvalue weighted by Gasteiger charge is -2.12. The Morgan fingerprint density at radius 1 is 0.109 bits per heavy atom. The van der Waals surface area contributed by atoms with Gasteiger partial charge in [0.25, 0.3) is 0 Å². The van der Waals surface area contributed by atoms with Crippen LogP contribution in [0.1, 0.15) is 0 Å². The van der Waals surface area contributed by atoms with Crippen molar-refractivity contribution in [3.8, 4) is 0 Å². The third-order valence-electron chi connectivity index (χ3n) is 7.58. The summed E-state index contributed by atoms with van der Waals surface area (Å²) in [5, 5.41) is 11.3. The van der Waals surface area contributed by atoms with Crippen LogP contribution in [0.5, 0.6) is 0 Å². The van der Waals surface area contributed by atoms with Crippen molar-refractivity contribution in [2.75, 3.05) is 5.32 Å². The maximum atomic E-state index is 4.83. The zero-order chi connectivity index (χ0) is 90.1. The Kier molecular flexibility index (Phi) is 130. The van der Waals surface area contributed by atoms with E-state index in [2.05, 4.69) is 84.2 Å². The molecule has 0 saturated carbocycles. The van der Waals surface area contributed by atoms with Gasteiger partial charge >= 0.3 is 0 Å². The highest BCUT2D eigenvalue weighted by molar-refractivity contribution is 8.88. The average Bonchev–Trinajstić information content (AvgIpc) is 0.746. The molecule has 5 rings (SSSR count). The summed E-state index contributed by atoms with van der Waals surface area (Å²) in [5.41, 5.74) is 2.21. The number of hydrogen-bond donors (Lipinski definition) is 1. The maximum Gasteiger partial charge on any atom is 0.0390 e. The fourth-order valence-electron chi connectivity index (χ4n) is 4.80. The number of para-hydroxylation sites is 1. The number of hydrogen-bond acceptors (Lipinski definition) is 3. The monoisotopic (exact) mass is 3610 g/mol. The molecular weight excluding hydrogens is 3610 g/mol. The molecule has 1 nitrogen and oxygen atoms in total. The Balaban J connectivity index is 0.00000114. The highest BCUT2D eigenvalue weighted by Gasteiger charge is 2.08. The number of benzene rings is 5. The van der Waals surface area contributed by atoms with Crippen LogP contribution < -0.4 is 5.32 Å². The summed E-state index contributed by atoms with van der Waals surface area (Å²) in [6.45, 7) is 0. The lowest BCUT2D eigenvalue weighted by atomic mass is 9.94. The van der Waals surface area contributed by atoms with E-state index in [1.54, 1.807) is 107 Å². The second-order valence-electron chi connectivity index (χ2n) is 13.2. The van der Waals surface area contributed by atoms with Crippen molar-refractivity contribution in [1.82, 2.24) is 0 Å². The molecule has 0 unspecified atom stereocenters. The molecule has 0 radical (unpaired) electrons. The highest BCUT2D eigenvalue weighted by Crippen LogP contribution is 2.36. The second-order valence-corrected chi connectivity index (χ2v) is 192. The van der Waals surface area contributed by atoms with Gasteiger partial charge in [0.1, 0.15) is 0 Å². The van der Waals surface area contributed by atoms with E-state index in [0.717, 1.165) is 11.4 Å². The molecular formula is C24H17NS103. The van der Waals surface area contributed by atoms with Crippen molar-refractivity contribution in [2.45, 2.75) is 0 Å². The number of rotatable bonds is 2. The predicted molar refractivity (Wildman–Crippen MR) is 867 cm³/mol. The van der Waals surface area contributed by atoms with Crippen molar-refractivity contribution in [3.05, 3.63) is 97.1 Å². The summed E-state index contributed by atoms with van der Waals surface area (Å²) in [6, 6.07) is 34.3. The third-order valence-corrected chi connectivity index (χ3v) is 230. The summed E-state index contributed by atoms with van der Waals surface area (Å²) >= 11 is 9.66. The molecule has 0 aromatic heterocycles. The van der Waals surface area contributed by atoms with Gasteiger partial charge in [-0.1, -0.05) is 72.8 Å². The standard InChI is InChI=1S/C24H17N.S103/c1-2-8-17(9-3-1)25-18-14-15-23-21-12-5-4-10-19(21)20-11-6-7-13-22(20)24(23)16-18;1-3-5-7-9-11-13-15-17-19-21-23-25-27-29-31-33-35-37-39-41-43-45-47-49-51-53-55-57-59-61-63-65-67-69-71-73-75-77-79-81-83-85-87-89-91-93-95-97-99-101-103-102-100-98-96-94-92-90-88-86-84-82-80-78-76-74-72-70-68-66-64-62-60-58-56-54-52-50-48-46-44-42-40-38-36-34-32-30-28-26-24-22-20-18-16-14-12-10-8-6-4-2/h1-16,25H;. The van der Waals surface area contributed by atoms with Gasteiger partial charge in [-0.25, -0.2) is 0 Å². The predicted octanol–water partition coefficient (Wildman–Crippen LogP) is 6.64. The molecule has 0 saturated heterocycles. The lowest BCUT2D eigenvalue weighted by molar-refractivity contribution is 1.57. The molecule has 0 aliphatic heterocycles. The summed E-state index contributed by atoms with van der Waals surface area (Å²) in [6.07, 6.45) is 0. The maximum absolute atomic E-state index is 4.83. The molecule has 128 heavy (non-hydrogen) atoms. The van der Waals surface area contributed by atoms with Crippen LogP contribution >= 0.6 is 0 Å². The Hall–Kier alpha value is 19.3. The summed E-state index contributed by atoms with van der Waals surface area (Å²) in [4.78, 5) is 0.